The molecule has 0 spiro atoms. The molecule has 6 heteroatoms. The van der Waals surface area contributed by atoms with Gasteiger partial charge in [-0.1, -0.05) is 0 Å². The number of esters is 2. The van der Waals surface area contributed by atoms with Crippen molar-refractivity contribution in [2.75, 3.05) is 34.5 Å². The lowest BCUT2D eigenvalue weighted by molar-refractivity contribution is 0.0580. The fourth-order valence-corrected chi connectivity index (χ4v) is 1.40. The highest BCUT2D eigenvalue weighted by Crippen LogP contribution is 2.22. The molecule has 19 heavy (non-hydrogen) atoms. The lowest BCUT2D eigenvalue weighted by Crippen LogP contribution is -2.11. The van der Waals surface area contributed by atoms with Crippen molar-refractivity contribution in [2.24, 2.45) is 0 Å². The minimum Gasteiger partial charge on any atom is -0.490 e. The summed E-state index contributed by atoms with van der Waals surface area (Å²) in [4.78, 5) is 23.0. The number of rotatable bonds is 6. The van der Waals surface area contributed by atoms with Gasteiger partial charge in [-0.25, -0.2) is 9.59 Å². The molecule has 0 saturated heterocycles. The van der Waals surface area contributed by atoms with Gasteiger partial charge in [0, 0.05) is 7.11 Å². The topological polar surface area (TPSA) is 71.1 Å². The Hall–Kier alpha value is -2.08. The van der Waals surface area contributed by atoms with E-state index in [4.69, 9.17) is 9.47 Å². The Morgan fingerprint density at radius 2 is 1.68 bits per heavy atom. The third-order valence-corrected chi connectivity index (χ3v) is 2.35. The lowest BCUT2D eigenvalue weighted by atomic mass is 10.1. The van der Waals surface area contributed by atoms with Gasteiger partial charge in [0.05, 0.1) is 26.4 Å². The summed E-state index contributed by atoms with van der Waals surface area (Å²) in [6, 6.07) is 4.37. The van der Waals surface area contributed by atoms with E-state index in [1.54, 1.807) is 0 Å². The SMILES string of the molecule is COCCOc1cc(C(=O)OC)ccc1C(=O)OC. The minimum atomic E-state index is -0.538. The Morgan fingerprint density at radius 1 is 1.00 bits per heavy atom. The Balaban J connectivity index is 3.03. The monoisotopic (exact) mass is 268 g/mol. The van der Waals surface area contributed by atoms with Crippen LogP contribution in [-0.4, -0.2) is 46.5 Å². The number of hydrogen-bond acceptors (Lipinski definition) is 6. The third-order valence-electron chi connectivity index (χ3n) is 2.35. The number of methoxy groups -OCH3 is 3. The molecule has 0 unspecified atom stereocenters. The summed E-state index contributed by atoms with van der Waals surface area (Å²) in [5.74, 6) is -0.788. The summed E-state index contributed by atoms with van der Waals surface area (Å²) < 4.78 is 19.5. The van der Waals surface area contributed by atoms with Crippen LogP contribution in [0.2, 0.25) is 0 Å². The maximum atomic E-state index is 11.6. The molecule has 0 aliphatic heterocycles. The van der Waals surface area contributed by atoms with Gasteiger partial charge in [-0.15, -0.1) is 0 Å². The Bertz CT molecular complexity index is 454. The highest BCUT2D eigenvalue weighted by atomic mass is 16.5. The Labute approximate surface area is 111 Å². The maximum Gasteiger partial charge on any atom is 0.341 e. The number of hydrogen-bond donors (Lipinski definition) is 0. The first kappa shape index (κ1) is 15.0. The molecule has 1 rings (SSSR count). The summed E-state index contributed by atoms with van der Waals surface area (Å²) in [6.45, 7) is 0.619. The van der Waals surface area contributed by atoms with Crippen molar-refractivity contribution < 1.29 is 28.5 Å². The van der Waals surface area contributed by atoms with Crippen LogP contribution in [0.4, 0.5) is 0 Å². The van der Waals surface area contributed by atoms with Gasteiger partial charge in [-0.3, -0.25) is 0 Å². The van der Waals surface area contributed by atoms with Gasteiger partial charge in [-0.05, 0) is 18.2 Å². The van der Waals surface area contributed by atoms with Crippen molar-refractivity contribution >= 4 is 11.9 Å². The number of carbonyl (C=O) groups excluding carboxylic acids is 2. The molecule has 0 fully saturated rings. The molecule has 0 N–H and O–H groups in total. The summed E-state index contributed by atoms with van der Waals surface area (Å²) >= 11 is 0. The quantitative estimate of drug-likeness (QED) is 0.572. The summed E-state index contributed by atoms with van der Waals surface area (Å²) in [7, 11) is 4.09. The van der Waals surface area contributed by atoms with Crippen LogP contribution in [-0.2, 0) is 14.2 Å². The lowest BCUT2D eigenvalue weighted by Gasteiger charge is -2.11. The fourth-order valence-electron chi connectivity index (χ4n) is 1.40. The average Bonchev–Trinajstić information content (AvgIpc) is 2.45. The van der Waals surface area contributed by atoms with E-state index in [-0.39, 0.29) is 17.9 Å². The predicted octanol–water partition coefficient (Wildman–Crippen LogP) is 1.29. The Kier molecular flexibility index (Phi) is 5.81. The zero-order chi connectivity index (χ0) is 14.3. The van der Waals surface area contributed by atoms with Crippen molar-refractivity contribution in [2.45, 2.75) is 0 Å². The first-order chi connectivity index (χ1) is 9.13. The van der Waals surface area contributed by atoms with Gasteiger partial charge >= 0.3 is 11.9 Å². The van der Waals surface area contributed by atoms with E-state index in [0.29, 0.717) is 12.2 Å². The van der Waals surface area contributed by atoms with E-state index in [1.807, 2.05) is 0 Å². The molecule has 0 atom stereocenters. The van der Waals surface area contributed by atoms with E-state index in [1.165, 1.54) is 39.5 Å². The summed E-state index contributed by atoms with van der Waals surface area (Å²) in [5, 5.41) is 0. The molecule has 0 bridgehead atoms. The molecule has 1 aromatic rings. The average molecular weight is 268 g/mol. The summed E-state index contributed by atoms with van der Waals surface area (Å²) in [5.41, 5.74) is 0.536. The van der Waals surface area contributed by atoms with E-state index < -0.39 is 11.9 Å². The molecular formula is C13H16O6. The molecule has 0 heterocycles. The van der Waals surface area contributed by atoms with Crippen LogP contribution in [0.25, 0.3) is 0 Å². The van der Waals surface area contributed by atoms with Crippen molar-refractivity contribution in [3.63, 3.8) is 0 Å². The van der Waals surface area contributed by atoms with Gasteiger partial charge in [0.1, 0.15) is 17.9 Å². The van der Waals surface area contributed by atoms with Crippen molar-refractivity contribution in [1.29, 1.82) is 0 Å². The highest BCUT2D eigenvalue weighted by molar-refractivity contribution is 5.96. The van der Waals surface area contributed by atoms with Gasteiger partial charge in [0.15, 0.2) is 0 Å². The van der Waals surface area contributed by atoms with Crippen molar-refractivity contribution in [3.05, 3.63) is 29.3 Å². The molecule has 0 aliphatic rings. The zero-order valence-corrected chi connectivity index (χ0v) is 11.1. The van der Waals surface area contributed by atoms with Crippen molar-refractivity contribution in [1.82, 2.24) is 0 Å². The van der Waals surface area contributed by atoms with Crippen LogP contribution in [0.3, 0.4) is 0 Å². The molecule has 0 radical (unpaired) electrons. The second-order valence-electron chi connectivity index (χ2n) is 3.54. The minimum absolute atomic E-state index is 0.242. The highest BCUT2D eigenvalue weighted by Gasteiger charge is 2.16. The van der Waals surface area contributed by atoms with Crippen LogP contribution >= 0.6 is 0 Å². The third kappa shape index (κ3) is 3.96. The number of carbonyl (C=O) groups is 2. The predicted molar refractivity (Wildman–Crippen MR) is 66.5 cm³/mol. The molecule has 6 nitrogen and oxygen atoms in total. The van der Waals surface area contributed by atoms with Crippen LogP contribution < -0.4 is 4.74 Å². The summed E-state index contributed by atoms with van der Waals surface area (Å²) in [6.07, 6.45) is 0. The molecule has 1 aromatic carbocycles. The van der Waals surface area contributed by atoms with Gasteiger partial charge < -0.3 is 18.9 Å². The van der Waals surface area contributed by atoms with Gasteiger partial charge in [0.25, 0.3) is 0 Å². The van der Waals surface area contributed by atoms with E-state index in [9.17, 15) is 9.59 Å². The maximum absolute atomic E-state index is 11.6. The van der Waals surface area contributed by atoms with Crippen LogP contribution in [0.15, 0.2) is 18.2 Å². The molecule has 104 valence electrons. The molecule has 0 amide bonds. The smallest absolute Gasteiger partial charge is 0.341 e. The standard InChI is InChI=1S/C13H16O6/c1-16-6-7-19-11-8-9(12(14)17-2)4-5-10(11)13(15)18-3/h4-5,8H,6-7H2,1-3H3. The van der Waals surface area contributed by atoms with Gasteiger partial charge in [0.2, 0.25) is 0 Å². The first-order valence-electron chi connectivity index (χ1n) is 5.56. The van der Waals surface area contributed by atoms with E-state index in [0.717, 1.165) is 0 Å². The molecular weight excluding hydrogens is 252 g/mol. The van der Waals surface area contributed by atoms with Crippen molar-refractivity contribution in [3.8, 4) is 5.75 Å². The number of benzene rings is 1. The number of ether oxygens (including phenoxy) is 4. The fraction of sp³-hybridized carbons (Fsp3) is 0.385. The molecule has 0 aliphatic carbocycles. The van der Waals surface area contributed by atoms with Crippen LogP contribution in [0.1, 0.15) is 20.7 Å². The molecule has 0 saturated carbocycles. The molecule has 0 aromatic heterocycles. The Morgan fingerprint density at radius 3 is 2.26 bits per heavy atom. The zero-order valence-electron chi connectivity index (χ0n) is 11.1. The van der Waals surface area contributed by atoms with Gasteiger partial charge in [-0.2, -0.15) is 0 Å². The second kappa shape index (κ2) is 7.38. The first-order valence-corrected chi connectivity index (χ1v) is 5.56. The van der Waals surface area contributed by atoms with E-state index in [2.05, 4.69) is 9.47 Å². The largest absolute Gasteiger partial charge is 0.490 e. The van der Waals surface area contributed by atoms with E-state index >= 15 is 0 Å². The second-order valence-corrected chi connectivity index (χ2v) is 3.54. The normalized spacial score (nSPS) is 9.84. The van der Waals surface area contributed by atoms with Crippen LogP contribution in [0, 0.1) is 0 Å². The van der Waals surface area contributed by atoms with Crippen LogP contribution in [0.5, 0.6) is 5.75 Å².